The number of hydrogen-bond donors (Lipinski definition) is 1. The molecule has 17 heavy (non-hydrogen) atoms. The smallest absolute Gasteiger partial charge is 0.123 e. The van der Waals surface area contributed by atoms with E-state index in [1.807, 2.05) is 20.0 Å². The van der Waals surface area contributed by atoms with Crippen molar-refractivity contribution in [2.75, 3.05) is 27.4 Å². The molecule has 0 radical (unpaired) electrons. The Morgan fingerprint density at radius 3 is 2.71 bits per heavy atom. The third-order valence-corrected chi connectivity index (χ3v) is 2.86. The Hall–Kier alpha value is -1.06. The molecule has 0 aliphatic heterocycles. The number of methoxy groups -OCH3 is 1. The van der Waals surface area contributed by atoms with Crippen LogP contribution in [0.2, 0.25) is 0 Å². The fourth-order valence-electron chi connectivity index (χ4n) is 1.93. The van der Waals surface area contributed by atoms with Gasteiger partial charge in [0.15, 0.2) is 0 Å². The van der Waals surface area contributed by atoms with Crippen LogP contribution in [-0.4, -0.2) is 27.4 Å². The Labute approximate surface area is 104 Å². The summed E-state index contributed by atoms with van der Waals surface area (Å²) in [5, 5.41) is 3.32. The number of nitrogens with one attached hydrogen (secondary N) is 1. The maximum absolute atomic E-state index is 5.41. The molecule has 1 aromatic carbocycles. The van der Waals surface area contributed by atoms with Gasteiger partial charge in [0.2, 0.25) is 0 Å². The third-order valence-electron chi connectivity index (χ3n) is 2.86. The molecule has 1 N–H and O–H groups in total. The second kappa shape index (κ2) is 7.30. The van der Waals surface area contributed by atoms with Crippen molar-refractivity contribution < 1.29 is 9.47 Å². The zero-order valence-corrected chi connectivity index (χ0v) is 11.2. The second-order valence-electron chi connectivity index (χ2n) is 4.07. The Morgan fingerprint density at radius 2 is 2.12 bits per heavy atom. The van der Waals surface area contributed by atoms with Gasteiger partial charge in [0, 0.05) is 24.8 Å². The number of rotatable bonds is 7. The third kappa shape index (κ3) is 4.02. The molecule has 0 aliphatic carbocycles. The Morgan fingerprint density at radius 1 is 1.35 bits per heavy atom. The van der Waals surface area contributed by atoms with Crippen LogP contribution in [0.4, 0.5) is 0 Å². The zero-order chi connectivity index (χ0) is 12.7. The van der Waals surface area contributed by atoms with E-state index in [1.54, 1.807) is 7.11 Å². The Balaban J connectivity index is 2.82. The summed E-state index contributed by atoms with van der Waals surface area (Å²) in [7, 11) is 3.68. The van der Waals surface area contributed by atoms with Crippen molar-refractivity contribution in [3.05, 3.63) is 29.3 Å². The standard InChI is InChI=1S/C14H23NO2/c1-5-17-9-8-13(15-3)12-10-11(2)6-7-14(12)16-4/h6-7,10,13,15H,5,8-9H2,1-4H3. The van der Waals surface area contributed by atoms with E-state index in [0.29, 0.717) is 0 Å². The highest BCUT2D eigenvalue weighted by atomic mass is 16.5. The molecule has 96 valence electrons. The van der Waals surface area contributed by atoms with Crippen LogP contribution in [0.15, 0.2) is 18.2 Å². The molecule has 1 atom stereocenters. The van der Waals surface area contributed by atoms with Crippen LogP contribution in [0.5, 0.6) is 5.75 Å². The number of ether oxygens (including phenoxy) is 2. The maximum atomic E-state index is 5.41. The highest BCUT2D eigenvalue weighted by Gasteiger charge is 2.14. The minimum atomic E-state index is 0.274. The van der Waals surface area contributed by atoms with Crippen LogP contribution in [0.1, 0.15) is 30.5 Å². The molecule has 1 rings (SSSR count). The summed E-state index contributed by atoms with van der Waals surface area (Å²) in [5.74, 6) is 0.937. The van der Waals surface area contributed by atoms with Gasteiger partial charge in [-0.3, -0.25) is 0 Å². The van der Waals surface area contributed by atoms with Gasteiger partial charge in [-0.15, -0.1) is 0 Å². The average Bonchev–Trinajstić information content (AvgIpc) is 2.35. The first kappa shape index (κ1) is 14.0. The van der Waals surface area contributed by atoms with E-state index in [1.165, 1.54) is 11.1 Å². The molecule has 1 aromatic rings. The highest BCUT2D eigenvalue weighted by molar-refractivity contribution is 5.39. The van der Waals surface area contributed by atoms with Crippen molar-refractivity contribution in [2.24, 2.45) is 0 Å². The van der Waals surface area contributed by atoms with Crippen LogP contribution < -0.4 is 10.1 Å². The molecule has 0 spiro atoms. The molecular formula is C14H23NO2. The SMILES string of the molecule is CCOCCC(NC)c1cc(C)ccc1OC. The zero-order valence-electron chi connectivity index (χ0n) is 11.2. The summed E-state index contributed by atoms with van der Waals surface area (Å²) in [6.45, 7) is 5.64. The number of aryl methyl sites for hydroxylation is 1. The van der Waals surface area contributed by atoms with E-state index >= 15 is 0 Å². The van der Waals surface area contributed by atoms with Gasteiger partial charge in [-0.25, -0.2) is 0 Å². The van der Waals surface area contributed by atoms with Gasteiger partial charge in [-0.05, 0) is 33.4 Å². The van der Waals surface area contributed by atoms with Gasteiger partial charge in [0.1, 0.15) is 5.75 Å². The van der Waals surface area contributed by atoms with Gasteiger partial charge in [0.25, 0.3) is 0 Å². The second-order valence-corrected chi connectivity index (χ2v) is 4.07. The molecule has 0 saturated heterocycles. The summed E-state index contributed by atoms with van der Waals surface area (Å²) in [6.07, 6.45) is 0.949. The summed E-state index contributed by atoms with van der Waals surface area (Å²) in [6, 6.07) is 6.54. The van der Waals surface area contributed by atoms with Crippen molar-refractivity contribution in [1.82, 2.24) is 5.32 Å². The average molecular weight is 237 g/mol. The molecule has 0 heterocycles. The van der Waals surface area contributed by atoms with E-state index in [0.717, 1.165) is 25.4 Å². The summed E-state index contributed by atoms with van der Waals surface area (Å²) >= 11 is 0. The van der Waals surface area contributed by atoms with Crippen LogP contribution in [0.3, 0.4) is 0 Å². The van der Waals surface area contributed by atoms with Crippen molar-refractivity contribution in [2.45, 2.75) is 26.3 Å². The Kier molecular flexibility index (Phi) is 6.01. The van der Waals surface area contributed by atoms with Crippen molar-refractivity contribution >= 4 is 0 Å². The predicted molar refractivity (Wildman–Crippen MR) is 70.6 cm³/mol. The monoisotopic (exact) mass is 237 g/mol. The molecule has 0 amide bonds. The van der Waals surface area contributed by atoms with Crippen molar-refractivity contribution in [1.29, 1.82) is 0 Å². The first-order chi connectivity index (χ1) is 8.22. The highest BCUT2D eigenvalue weighted by Crippen LogP contribution is 2.28. The van der Waals surface area contributed by atoms with E-state index < -0.39 is 0 Å². The predicted octanol–water partition coefficient (Wildman–Crippen LogP) is 2.69. The van der Waals surface area contributed by atoms with Crippen molar-refractivity contribution in [3.63, 3.8) is 0 Å². The molecule has 3 heteroatoms. The lowest BCUT2D eigenvalue weighted by atomic mass is 10.0. The van der Waals surface area contributed by atoms with Crippen LogP contribution in [0.25, 0.3) is 0 Å². The summed E-state index contributed by atoms with van der Waals surface area (Å²) < 4.78 is 10.8. The lowest BCUT2D eigenvalue weighted by Crippen LogP contribution is -2.19. The summed E-state index contributed by atoms with van der Waals surface area (Å²) in [5.41, 5.74) is 2.45. The van der Waals surface area contributed by atoms with Crippen LogP contribution in [-0.2, 0) is 4.74 Å². The molecule has 1 unspecified atom stereocenters. The molecule has 0 bridgehead atoms. The first-order valence-corrected chi connectivity index (χ1v) is 6.12. The van der Waals surface area contributed by atoms with E-state index in [9.17, 15) is 0 Å². The topological polar surface area (TPSA) is 30.5 Å². The molecule has 0 saturated carbocycles. The van der Waals surface area contributed by atoms with Crippen LogP contribution >= 0.6 is 0 Å². The molecular weight excluding hydrogens is 214 g/mol. The fourth-order valence-corrected chi connectivity index (χ4v) is 1.93. The van der Waals surface area contributed by atoms with Crippen molar-refractivity contribution in [3.8, 4) is 5.75 Å². The van der Waals surface area contributed by atoms with Gasteiger partial charge in [-0.1, -0.05) is 17.7 Å². The minimum absolute atomic E-state index is 0.274. The van der Waals surface area contributed by atoms with Gasteiger partial charge in [0.05, 0.1) is 7.11 Å². The molecule has 0 aliphatic rings. The molecule has 0 fully saturated rings. The quantitative estimate of drug-likeness (QED) is 0.740. The lowest BCUT2D eigenvalue weighted by molar-refractivity contribution is 0.137. The normalized spacial score (nSPS) is 12.5. The number of benzene rings is 1. The minimum Gasteiger partial charge on any atom is -0.496 e. The van der Waals surface area contributed by atoms with Gasteiger partial charge >= 0.3 is 0 Å². The molecule has 3 nitrogen and oxygen atoms in total. The van der Waals surface area contributed by atoms with E-state index in [2.05, 4.69) is 24.4 Å². The largest absolute Gasteiger partial charge is 0.496 e. The Bertz CT molecular complexity index is 339. The van der Waals surface area contributed by atoms with Gasteiger partial charge < -0.3 is 14.8 Å². The maximum Gasteiger partial charge on any atom is 0.123 e. The van der Waals surface area contributed by atoms with E-state index in [-0.39, 0.29) is 6.04 Å². The first-order valence-electron chi connectivity index (χ1n) is 6.12. The lowest BCUT2D eigenvalue weighted by Gasteiger charge is -2.19. The van der Waals surface area contributed by atoms with E-state index in [4.69, 9.17) is 9.47 Å². The van der Waals surface area contributed by atoms with Gasteiger partial charge in [-0.2, -0.15) is 0 Å². The van der Waals surface area contributed by atoms with Crippen LogP contribution in [0, 0.1) is 6.92 Å². The fraction of sp³-hybridized carbons (Fsp3) is 0.571. The summed E-state index contributed by atoms with van der Waals surface area (Å²) in [4.78, 5) is 0. The number of hydrogen-bond acceptors (Lipinski definition) is 3. The molecule has 0 aromatic heterocycles.